The number of fused-ring (bicyclic) bond motifs is 1. The molecule has 1 aromatic heterocycles. The Hall–Kier alpha value is -3.20. The van der Waals surface area contributed by atoms with Crippen LogP contribution in [0.25, 0.3) is 0 Å². The van der Waals surface area contributed by atoms with Crippen LogP contribution in [0.15, 0.2) is 29.0 Å². The first-order valence-electron chi connectivity index (χ1n) is 11.4. The number of benzene rings is 1. The minimum Gasteiger partial charge on any atom is -0.381 e. The van der Waals surface area contributed by atoms with Gasteiger partial charge in [0.1, 0.15) is 6.26 Å². The Morgan fingerprint density at radius 3 is 2.88 bits per heavy atom. The summed E-state index contributed by atoms with van der Waals surface area (Å²) in [5, 5.41) is 9.55. The van der Waals surface area contributed by atoms with Gasteiger partial charge in [0.25, 0.3) is 17.7 Å². The first kappa shape index (κ1) is 21.6. The average Bonchev–Trinajstić information content (AvgIpc) is 3.41. The van der Waals surface area contributed by atoms with E-state index in [0.29, 0.717) is 56.0 Å². The maximum Gasteiger partial charge on any atom is 0.273 e. The van der Waals surface area contributed by atoms with E-state index in [1.54, 1.807) is 19.1 Å². The molecule has 2 aromatic rings. The molecule has 9 nitrogen and oxygen atoms in total. The van der Waals surface area contributed by atoms with E-state index in [1.165, 1.54) is 6.26 Å². The highest BCUT2D eigenvalue weighted by molar-refractivity contribution is 6.00. The Morgan fingerprint density at radius 1 is 1.30 bits per heavy atom. The fourth-order valence-electron chi connectivity index (χ4n) is 5.28. The minimum atomic E-state index is -0.304. The summed E-state index contributed by atoms with van der Waals surface area (Å²) in [4.78, 5) is 40.2. The number of nitrogens with one attached hydrogen (secondary N) is 2. The second-order valence-corrected chi connectivity index (χ2v) is 9.34. The monoisotopic (exact) mass is 452 g/mol. The molecule has 4 heterocycles. The molecule has 0 saturated carbocycles. The quantitative estimate of drug-likeness (QED) is 0.730. The smallest absolute Gasteiger partial charge is 0.273 e. The Morgan fingerprint density at radius 2 is 2.12 bits per heavy atom. The van der Waals surface area contributed by atoms with Crippen LogP contribution in [-0.2, 0) is 11.2 Å². The van der Waals surface area contributed by atoms with E-state index in [2.05, 4.69) is 15.8 Å². The van der Waals surface area contributed by atoms with Gasteiger partial charge < -0.3 is 24.8 Å². The molecule has 3 aliphatic heterocycles. The highest BCUT2D eigenvalue weighted by Crippen LogP contribution is 2.43. The number of nitrogens with zero attached hydrogens (tertiary/aromatic N) is 2. The SMILES string of the molecule is Cc1conc1C(=O)NCC1CC2(CCOCC2)CN1C(=O)c1ccc2c(c1)CCNC2=O. The number of aromatic nitrogens is 1. The van der Waals surface area contributed by atoms with Crippen LogP contribution in [-0.4, -0.2) is 66.7 Å². The lowest BCUT2D eigenvalue weighted by Crippen LogP contribution is -2.43. The first-order valence-corrected chi connectivity index (χ1v) is 11.4. The van der Waals surface area contributed by atoms with E-state index in [-0.39, 0.29) is 34.9 Å². The first-order chi connectivity index (χ1) is 16.0. The van der Waals surface area contributed by atoms with Crippen LogP contribution in [0.5, 0.6) is 0 Å². The van der Waals surface area contributed by atoms with Crippen molar-refractivity contribution in [3.63, 3.8) is 0 Å². The third-order valence-corrected chi connectivity index (χ3v) is 7.17. The van der Waals surface area contributed by atoms with Gasteiger partial charge in [0, 0.05) is 55.6 Å². The molecule has 0 aliphatic carbocycles. The number of hydrogen-bond donors (Lipinski definition) is 2. The molecule has 3 amide bonds. The molecule has 3 aliphatic rings. The molecule has 0 bridgehead atoms. The third kappa shape index (κ3) is 4.13. The van der Waals surface area contributed by atoms with Crippen molar-refractivity contribution < 1.29 is 23.6 Å². The Labute approximate surface area is 191 Å². The molecular weight excluding hydrogens is 424 g/mol. The van der Waals surface area contributed by atoms with Crippen molar-refractivity contribution in [3.05, 3.63) is 52.4 Å². The number of carbonyl (C=O) groups is 3. The summed E-state index contributed by atoms with van der Waals surface area (Å²) in [6.45, 7) is 4.69. The zero-order chi connectivity index (χ0) is 23.0. The molecule has 9 heteroatoms. The predicted molar refractivity (Wildman–Crippen MR) is 118 cm³/mol. The van der Waals surface area contributed by atoms with Crippen LogP contribution in [0, 0.1) is 12.3 Å². The fourth-order valence-corrected chi connectivity index (χ4v) is 5.28. The number of ether oxygens (including phenoxy) is 1. The lowest BCUT2D eigenvalue weighted by molar-refractivity contribution is 0.0190. The number of aryl methyl sites for hydroxylation is 1. The second-order valence-electron chi connectivity index (χ2n) is 9.34. The maximum absolute atomic E-state index is 13.6. The van der Waals surface area contributed by atoms with Crippen molar-refractivity contribution >= 4 is 17.7 Å². The third-order valence-electron chi connectivity index (χ3n) is 7.17. The largest absolute Gasteiger partial charge is 0.381 e. The highest BCUT2D eigenvalue weighted by Gasteiger charge is 2.46. The van der Waals surface area contributed by atoms with Crippen LogP contribution in [0.1, 0.15) is 61.6 Å². The fraction of sp³-hybridized carbons (Fsp3) is 0.500. The summed E-state index contributed by atoms with van der Waals surface area (Å²) in [6, 6.07) is 5.18. The molecule has 0 radical (unpaired) electrons. The molecule has 174 valence electrons. The molecule has 2 fully saturated rings. The predicted octanol–water partition coefficient (Wildman–Crippen LogP) is 1.71. The zero-order valence-electron chi connectivity index (χ0n) is 18.7. The minimum absolute atomic E-state index is 0.00120. The van der Waals surface area contributed by atoms with E-state index in [9.17, 15) is 14.4 Å². The van der Waals surface area contributed by atoms with Crippen molar-refractivity contribution in [1.29, 1.82) is 0 Å². The van der Waals surface area contributed by atoms with Gasteiger partial charge in [0.15, 0.2) is 5.69 Å². The lowest BCUT2D eigenvalue weighted by atomic mass is 9.78. The normalized spacial score (nSPS) is 21.5. The van der Waals surface area contributed by atoms with Gasteiger partial charge in [0.2, 0.25) is 0 Å². The van der Waals surface area contributed by atoms with Gasteiger partial charge in [-0.2, -0.15) is 0 Å². The Kier molecular flexibility index (Phi) is 5.65. The summed E-state index contributed by atoms with van der Waals surface area (Å²) >= 11 is 0. The molecule has 33 heavy (non-hydrogen) atoms. The van der Waals surface area contributed by atoms with Crippen LogP contribution in [0.4, 0.5) is 0 Å². The van der Waals surface area contributed by atoms with Crippen molar-refractivity contribution in [3.8, 4) is 0 Å². The summed E-state index contributed by atoms with van der Waals surface area (Å²) in [5.41, 5.74) is 3.05. The van der Waals surface area contributed by atoms with Gasteiger partial charge in [-0.05, 0) is 61.8 Å². The highest BCUT2D eigenvalue weighted by atomic mass is 16.5. The Balaban J connectivity index is 1.37. The van der Waals surface area contributed by atoms with Crippen LogP contribution in [0.2, 0.25) is 0 Å². The van der Waals surface area contributed by atoms with Gasteiger partial charge in [0.05, 0.1) is 0 Å². The maximum atomic E-state index is 13.6. The van der Waals surface area contributed by atoms with E-state index in [0.717, 1.165) is 24.8 Å². The van der Waals surface area contributed by atoms with Gasteiger partial charge in [-0.25, -0.2) is 0 Å². The summed E-state index contributed by atoms with van der Waals surface area (Å²) < 4.78 is 10.5. The molecular formula is C24H28N4O5. The summed E-state index contributed by atoms with van der Waals surface area (Å²) in [5.74, 6) is -0.466. The zero-order valence-corrected chi connectivity index (χ0v) is 18.7. The average molecular weight is 453 g/mol. The molecule has 1 unspecified atom stereocenters. The van der Waals surface area contributed by atoms with E-state index in [4.69, 9.17) is 9.26 Å². The molecule has 5 rings (SSSR count). The standard InChI is InChI=1S/C24H28N4O5/c1-15-13-33-27-20(15)22(30)26-12-18-11-24(5-8-32-9-6-24)14-28(18)23(31)17-2-3-19-16(10-17)4-7-25-21(19)29/h2-3,10,13,18H,4-9,11-12,14H2,1H3,(H,25,29)(H,26,30). The van der Waals surface area contributed by atoms with Crippen LogP contribution < -0.4 is 10.6 Å². The van der Waals surface area contributed by atoms with E-state index >= 15 is 0 Å². The summed E-state index contributed by atoms with van der Waals surface area (Å²) in [6.07, 6.45) is 4.75. The topological polar surface area (TPSA) is 114 Å². The van der Waals surface area contributed by atoms with Crippen LogP contribution in [0.3, 0.4) is 0 Å². The molecule has 2 N–H and O–H groups in total. The Bertz CT molecular complexity index is 1090. The molecule has 1 atom stereocenters. The number of amides is 3. The van der Waals surface area contributed by atoms with Crippen molar-refractivity contribution in [1.82, 2.24) is 20.7 Å². The van der Waals surface area contributed by atoms with E-state index < -0.39 is 0 Å². The molecule has 2 saturated heterocycles. The number of likely N-dealkylation sites (tertiary alicyclic amines) is 1. The van der Waals surface area contributed by atoms with Crippen molar-refractivity contribution in [2.45, 2.75) is 38.6 Å². The molecule has 1 spiro atoms. The van der Waals surface area contributed by atoms with Gasteiger partial charge >= 0.3 is 0 Å². The van der Waals surface area contributed by atoms with Crippen molar-refractivity contribution in [2.75, 3.05) is 32.8 Å². The van der Waals surface area contributed by atoms with E-state index in [1.807, 2.05) is 11.0 Å². The lowest BCUT2D eigenvalue weighted by Gasteiger charge is -2.33. The number of carbonyl (C=O) groups excluding carboxylic acids is 3. The van der Waals surface area contributed by atoms with Gasteiger partial charge in [-0.1, -0.05) is 5.16 Å². The summed E-state index contributed by atoms with van der Waals surface area (Å²) in [7, 11) is 0. The number of hydrogen-bond acceptors (Lipinski definition) is 6. The van der Waals surface area contributed by atoms with Crippen LogP contribution >= 0.6 is 0 Å². The van der Waals surface area contributed by atoms with Crippen molar-refractivity contribution in [2.24, 2.45) is 5.41 Å². The van der Waals surface area contributed by atoms with Gasteiger partial charge in [-0.3, -0.25) is 14.4 Å². The molecule has 1 aromatic carbocycles. The van der Waals surface area contributed by atoms with Gasteiger partial charge in [-0.15, -0.1) is 0 Å². The second kappa shape index (κ2) is 8.62. The number of rotatable bonds is 4.